The maximum Gasteiger partial charge on any atom is 0.326 e. The summed E-state index contributed by atoms with van der Waals surface area (Å²) in [6, 6.07) is 6.20. The lowest BCUT2D eigenvalue weighted by Gasteiger charge is -2.23. The molecule has 0 fully saturated rings. The number of nitrogens with one attached hydrogen (secondary N) is 1. The molecular weight excluding hydrogens is 200 g/mol. The Morgan fingerprint density at radius 2 is 2.06 bits per heavy atom. The van der Waals surface area contributed by atoms with E-state index < -0.39 is 0 Å². The number of nitrogens with zero attached hydrogens (tertiary/aromatic N) is 1. The summed E-state index contributed by atoms with van der Waals surface area (Å²) >= 11 is 0. The fraction of sp³-hybridized carbons (Fsp3) is 0.462. The summed E-state index contributed by atoms with van der Waals surface area (Å²) in [7, 11) is 1.80. The average Bonchev–Trinajstić information content (AvgIpc) is 2.55. The van der Waals surface area contributed by atoms with Crippen molar-refractivity contribution in [3.63, 3.8) is 0 Å². The first kappa shape index (κ1) is 11.0. The Balaban J connectivity index is 2.68. The Morgan fingerprint density at radius 1 is 1.38 bits per heavy atom. The van der Waals surface area contributed by atoms with Crippen LogP contribution in [-0.4, -0.2) is 9.55 Å². The van der Waals surface area contributed by atoms with Gasteiger partial charge in [-0.2, -0.15) is 0 Å². The van der Waals surface area contributed by atoms with Gasteiger partial charge in [-0.1, -0.05) is 26.8 Å². The molecule has 1 N–H and O–H groups in total. The number of aryl methyl sites for hydroxylation is 1. The van der Waals surface area contributed by atoms with Crippen LogP contribution in [0.1, 0.15) is 32.8 Å². The van der Waals surface area contributed by atoms with Gasteiger partial charge >= 0.3 is 5.69 Å². The van der Waals surface area contributed by atoms with Crippen molar-refractivity contribution in [1.82, 2.24) is 9.55 Å². The van der Waals surface area contributed by atoms with Gasteiger partial charge in [0.05, 0.1) is 11.0 Å². The van der Waals surface area contributed by atoms with Crippen molar-refractivity contribution in [2.45, 2.75) is 32.6 Å². The second kappa shape index (κ2) is 3.51. The van der Waals surface area contributed by atoms with Crippen LogP contribution in [0.2, 0.25) is 0 Å². The third kappa shape index (κ3) is 1.56. The molecule has 0 atom stereocenters. The molecule has 1 heterocycles. The Morgan fingerprint density at radius 3 is 2.69 bits per heavy atom. The van der Waals surface area contributed by atoms with Crippen LogP contribution in [0.3, 0.4) is 0 Å². The minimum atomic E-state index is -0.0542. The monoisotopic (exact) mass is 218 g/mol. The first-order valence-electron chi connectivity index (χ1n) is 5.65. The number of hydrogen-bond donors (Lipinski definition) is 1. The minimum absolute atomic E-state index is 0.0542. The first-order valence-corrected chi connectivity index (χ1v) is 5.65. The van der Waals surface area contributed by atoms with Crippen LogP contribution >= 0.6 is 0 Å². The number of hydrogen-bond acceptors (Lipinski definition) is 1. The molecular formula is C13H18N2O. The van der Waals surface area contributed by atoms with Crippen molar-refractivity contribution in [1.29, 1.82) is 0 Å². The van der Waals surface area contributed by atoms with Crippen LogP contribution in [-0.2, 0) is 12.5 Å². The van der Waals surface area contributed by atoms with Gasteiger partial charge in [0.25, 0.3) is 0 Å². The number of rotatable bonds is 2. The zero-order chi connectivity index (χ0) is 11.9. The molecule has 0 unspecified atom stereocenters. The highest BCUT2D eigenvalue weighted by atomic mass is 16.1. The zero-order valence-corrected chi connectivity index (χ0v) is 10.3. The fourth-order valence-electron chi connectivity index (χ4n) is 1.85. The summed E-state index contributed by atoms with van der Waals surface area (Å²) in [5, 5.41) is 0. The quantitative estimate of drug-likeness (QED) is 0.826. The lowest BCUT2D eigenvalue weighted by Crippen LogP contribution is -2.15. The number of H-pyrrole nitrogens is 1. The molecule has 0 aliphatic carbocycles. The molecule has 2 aromatic rings. The third-order valence-electron chi connectivity index (χ3n) is 3.57. The van der Waals surface area contributed by atoms with E-state index in [1.807, 2.05) is 6.07 Å². The minimum Gasteiger partial charge on any atom is -0.306 e. The first-order chi connectivity index (χ1) is 7.45. The summed E-state index contributed by atoms with van der Waals surface area (Å²) in [6.45, 7) is 6.62. The van der Waals surface area contributed by atoms with Crippen molar-refractivity contribution >= 4 is 11.0 Å². The molecule has 0 radical (unpaired) electrons. The maximum absolute atomic E-state index is 11.5. The van der Waals surface area contributed by atoms with Crippen LogP contribution in [0.15, 0.2) is 23.0 Å². The number of aromatic amines is 1. The summed E-state index contributed by atoms with van der Waals surface area (Å²) in [6.07, 6.45) is 1.08. The van der Waals surface area contributed by atoms with Crippen molar-refractivity contribution in [2.24, 2.45) is 7.05 Å². The van der Waals surface area contributed by atoms with E-state index in [1.165, 1.54) is 5.56 Å². The largest absolute Gasteiger partial charge is 0.326 e. The Labute approximate surface area is 95.1 Å². The predicted molar refractivity (Wildman–Crippen MR) is 66.9 cm³/mol. The van der Waals surface area contributed by atoms with Gasteiger partial charge in [-0.25, -0.2) is 4.79 Å². The Bertz CT molecular complexity index is 575. The van der Waals surface area contributed by atoms with Gasteiger partial charge in [0.1, 0.15) is 0 Å². The highest BCUT2D eigenvalue weighted by Crippen LogP contribution is 2.28. The van der Waals surface area contributed by atoms with Gasteiger partial charge in [0.15, 0.2) is 0 Å². The van der Waals surface area contributed by atoms with Gasteiger partial charge in [-0.3, -0.25) is 4.57 Å². The molecule has 1 aromatic heterocycles. The fourth-order valence-corrected chi connectivity index (χ4v) is 1.85. The molecule has 1 aromatic carbocycles. The van der Waals surface area contributed by atoms with Gasteiger partial charge in [0, 0.05) is 7.05 Å². The summed E-state index contributed by atoms with van der Waals surface area (Å²) in [5.74, 6) is 0. The maximum atomic E-state index is 11.5. The molecule has 3 nitrogen and oxygen atoms in total. The molecule has 3 heteroatoms. The molecule has 0 saturated carbocycles. The van der Waals surface area contributed by atoms with Gasteiger partial charge in [-0.15, -0.1) is 0 Å². The van der Waals surface area contributed by atoms with Crippen molar-refractivity contribution in [3.8, 4) is 0 Å². The SMILES string of the molecule is CCC(C)(C)c1ccc2[nH]c(=O)n(C)c2c1. The summed E-state index contributed by atoms with van der Waals surface area (Å²) in [4.78, 5) is 14.3. The van der Waals surface area contributed by atoms with Crippen molar-refractivity contribution < 1.29 is 0 Å². The van der Waals surface area contributed by atoms with Crippen LogP contribution in [0, 0.1) is 0 Å². The van der Waals surface area contributed by atoms with Gasteiger partial charge in [0.2, 0.25) is 0 Å². The summed E-state index contributed by atoms with van der Waals surface area (Å²) in [5.41, 5.74) is 3.26. The molecule has 0 saturated heterocycles. The normalized spacial score (nSPS) is 12.2. The predicted octanol–water partition coefficient (Wildman–Crippen LogP) is 2.55. The van der Waals surface area contributed by atoms with Crippen molar-refractivity contribution in [2.75, 3.05) is 0 Å². The second-order valence-electron chi connectivity index (χ2n) is 4.96. The number of aromatic nitrogens is 2. The highest BCUT2D eigenvalue weighted by Gasteiger charge is 2.18. The van der Waals surface area contributed by atoms with Crippen LogP contribution < -0.4 is 5.69 Å². The van der Waals surface area contributed by atoms with Gasteiger partial charge in [-0.05, 0) is 29.5 Å². The number of imidazole rings is 1. The Kier molecular flexibility index (Phi) is 2.41. The lowest BCUT2D eigenvalue weighted by molar-refractivity contribution is 0.506. The van der Waals surface area contributed by atoms with E-state index >= 15 is 0 Å². The number of fused-ring (bicyclic) bond motifs is 1. The van der Waals surface area contributed by atoms with Crippen LogP contribution in [0.25, 0.3) is 11.0 Å². The topological polar surface area (TPSA) is 37.8 Å². The molecule has 0 amide bonds. The average molecular weight is 218 g/mol. The van der Waals surface area contributed by atoms with E-state index in [0.29, 0.717) is 0 Å². The molecule has 2 rings (SSSR count). The standard InChI is InChI=1S/C13H18N2O/c1-5-13(2,3)9-6-7-10-11(8-9)15(4)12(16)14-10/h6-8H,5H2,1-4H3,(H,14,16). The van der Waals surface area contributed by atoms with E-state index in [9.17, 15) is 4.79 Å². The van der Waals surface area contributed by atoms with E-state index in [0.717, 1.165) is 17.5 Å². The van der Waals surface area contributed by atoms with E-state index in [4.69, 9.17) is 0 Å². The molecule has 0 spiro atoms. The molecule has 0 aliphatic heterocycles. The van der Waals surface area contributed by atoms with E-state index in [-0.39, 0.29) is 11.1 Å². The molecule has 0 bridgehead atoms. The van der Waals surface area contributed by atoms with Gasteiger partial charge < -0.3 is 4.98 Å². The number of benzene rings is 1. The second-order valence-corrected chi connectivity index (χ2v) is 4.96. The smallest absolute Gasteiger partial charge is 0.306 e. The van der Waals surface area contributed by atoms with E-state index in [1.54, 1.807) is 11.6 Å². The Hall–Kier alpha value is -1.51. The molecule has 16 heavy (non-hydrogen) atoms. The lowest BCUT2D eigenvalue weighted by atomic mass is 9.82. The highest BCUT2D eigenvalue weighted by molar-refractivity contribution is 5.76. The molecule has 0 aliphatic rings. The third-order valence-corrected chi connectivity index (χ3v) is 3.57. The van der Waals surface area contributed by atoms with Crippen LogP contribution in [0.4, 0.5) is 0 Å². The van der Waals surface area contributed by atoms with Crippen LogP contribution in [0.5, 0.6) is 0 Å². The van der Waals surface area contributed by atoms with Crippen molar-refractivity contribution in [3.05, 3.63) is 34.2 Å². The van der Waals surface area contributed by atoms with E-state index in [2.05, 4.69) is 37.9 Å². The summed E-state index contributed by atoms with van der Waals surface area (Å²) < 4.78 is 1.66. The molecule has 86 valence electrons. The zero-order valence-electron chi connectivity index (χ0n) is 10.3.